The zero-order valence-electron chi connectivity index (χ0n) is 19.1. The molecule has 0 bridgehead atoms. The van der Waals surface area contributed by atoms with Crippen LogP contribution in [0.4, 0.5) is 0 Å². The molecule has 1 heterocycles. The summed E-state index contributed by atoms with van der Waals surface area (Å²) in [6, 6.07) is 0. The number of fused-ring (bicyclic) bond motifs is 5. The van der Waals surface area contributed by atoms with E-state index in [4.69, 9.17) is 4.74 Å². The highest BCUT2D eigenvalue weighted by atomic mass is 16.5. The van der Waals surface area contributed by atoms with Gasteiger partial charge in [0.15, 0.2) is 0 Å². The van der Waals surface area contributed by atoms with Crippen LogP contribution in [-0.4, -0.2) is 58.0 Å². The number of aliphatic hydroxyl groups excluding tert-OH is 1. The molecule has 4 fully saturated rings. The predicted octanol–water partition coefficient (Wildman–Crippen LogP) is 2.96. The third kappa shape index (κ3) is 2.88. The fourth-order valence-corrected chi connectivity index (χ4v) is 8.65. The Morgan fingerprint density at radius 2 is 1.94 bits per heavy atom. The molecule has 32 heavy (non-hydrogen) atoms. The van der Waals surface area contributed by atoms with Crippen LogP contribution in [0, 0.1) is 28.6 Å². The molecule has 4 saturated carbocycles. The van der Waals surface area contributed by atoms with Crippen LogP contribution in [0.2, 0.25) is 0 Å². The lowest BCUT2D eigenvalue weighted by molar-refractivity contribution is -0.237. The third-order valence-electron chi connectivity index (χ3n) is 10.2. The van der Waals surface area contributed by atoms with Gasteiger partial charge in [0, 0.05) is 29.5 Å². The molecular weight excluding hydrogens is 406 g/mol. The van der Waals surface area contributed by atoms with Crippen molar-refractivity contribution in [1.82, 2.24) is 0 Å². The van der Waals surface area contributed by atoms with Crippen molar-refractivity contribution in [2.45, 2.75) is 82.0 Å². The summed E-state index contributed by atoms with van der Waals surface area (Å²) >= 11 is 0. The van der Waals surface area contributed by atoms with Gasteiger partial charge in [0.1, 0.15) is 6.61 Å². The van der Waals surface area contributed by atoms with E-state index in [0.29, 0.717) is 45.3 Å². The van der Waals surface area contributed by atoms with Crippen molar-refractivity contribution in [1.29, 1.82) is 0 Å². The van der Waals surface area contributed by atoms with Crippen molar-refractivity contribution in [2.75, 3.05) is 13.2 Å². The van der Waals surface area contributed by atoms with Gasteiger partial charge in [0.25, 0.3) is 0 Å². The number of esters is 1. The van der Waals surface area contributed by atoms with E-state index in [-0.39, 0.29) is 29.1 Å². The summed E-state index contributed by atoms with van der Waals surface area (Å²) in [6.07, 6.45) is 11.2. The molecule has 0 aromatic carbocycles. The molecule has 3 N–H and O–H groups in total. The first kappa shape index (κ1) is 22.3. The molecule has 4 aliphatic carbocycles. The maximum absolute atomic E-state index is 12.3. The van der Waals surface area contributed by atoms with Gasteiger partial charge in [-0.25, -0.2) is 4.79 Å². The lowest BCUT2D eigenvalue weighted by Gasteiger charge is -2.65. The highest BCUT2D eigenvalue weighted by Gasteiger charge is 2.71. The van der Waals surface area contributed by atoms with Crippen molar-refractivity contribution < 1.29 is 24.9 Å². The summed E-state index contributed by atoms with van der Waals surface area (Å²) in [5.41, 5.74) is -1.64. The molecule has 1 aliphatic heterocycles. The lowest BCUT2D eigenvalue weighted by Crippen LogP contribution is -2.68. The Morgan fingerprint density at radius 3 is 2.66 bits per heavy atom. The lowest BCUT2D eigenvalue weighted by atomic mass is 9.41. The van der Waals surface area contributed by atoms with E-state index < -0.39 is 22.7 Å². The van der Waals surface area contributed by atoms with Gasteiger partial charge in [-0.05, 0) is 74.7 Å². The molecule has 5 rings (SSSR count). The van der Waals surface area contributed by atoms with Crippen LogP contribution in [0.5, 0.6) is 0 Å². The van der Waals surface area contributed by atoms with Crippen LogP contribution in [0.15, 0.2) is 29.3 Å². The van der Waals surface area contributed by atoms with Crippen LogP contribution in [0.25, 0.3) is 0 Å². The molecule has 0 aromatic rings. The Balaban J connectivity index is 1.53. The molecule has 7 unspecified atom stereocenters. The van der Waals surface area contributed by atoms with Crippen LogP contribution in [0.3, 0.4) is 0 Å². The number of ether oxygens (including phenoxy) is 1. The largest absolute Gasteiger partial charge is 0.458 e. The number of aliphatic hydroxyl groups is 3. The number of nitrogens with zero attached hydrogens (tertiary/aromatic N) is 1. The summed E-state index contributed by atoms with van der Waals surface area (Å²) in [7, 11) is 0. The molecule has 0 amide bonds. The molecule has 6 nitrogen and oxygen atoms in total. The van der Waals surface area contributed by atoms with Crippen LogP contribution in [0.1, 0.15) is 64.7 Å². The van der Waals surface area contributed by atoms with Crippen molar-refractivity contribution in [2.24, 2.45) is 33.6 Å². The average molecular weight is 444 g/mol. The molecule has 176 valence electrons. The topological polar surface area (TPSA) is 99.4 Å². The SMILES string of the molecule is C=CCN=CC12CCC(O)CC1(O)CCC1[C@@H]2CCC2(C)C(C3=CC(=O)OC3)CCC12O. The number of carbonyl (C=O) groups is 1. The van der Waals surface area contributed by atoms with Gasteiger partial charge in [0.2, 0.25) is 0 Å². The number of hydrogen-bond acceptors (Lipinski definition) is 6. The van der Waals surface area contributed by atoms with Gasteiger partial charge in [0.05, 0.1) is 23.9 Å². The summed E-state index contributed by atoms with van der Waals surface area (Å²) < 4.78 is 5.21. The summed E-state index contributed by atoms with van der Waals surface area (Å²) in [6.45, 7) is 6.83. The predicted molar refractivity (Wildman–Crippen MR) is 121 cm³/mol. The first-order chi connectivity index (χ1) is 15.2. The fourth-order valence-electron chi connectivity index (χ4n) is 8.65. The third-order valence-corrected chi connectivity index (χ3v) is 10.2. The van der Waals surface area contributed by atoms with Crippen molar-refractivity contribution >= 4 is 12.2 Å². The normalized spacial score (nSPS) is 50.4. The smallest absolute Gasteiger partial charge is 0.331 e. The first-order valence-corrected chi connectivity index (χ1v) is 12.3. The number of rotatable bonds is 4. The van der Waals surface area contributed by atoms with E-state index in [0.717, 1.165) is 31.3 Å². The Bertz CT molecular complexity index is 868. The molecule has 6 heteroatoms. The van der Waals surface area contributed by atoms with Gasteiger partial charge in [-0.3, -0.25) is 4.99 Å². The zero-order chi connectivity index (χ0) is 22.8. The summed E-state index contributed by atoms with van der Waals surface area (Å²) in [5, 5.41) is 34.6. The molecule has 0 spiro atoms. The fraction of sp³-hybridized carbons (Fsp3) is 0.769. The summed E-state index contributed by atoms with van der Waals surface area (Å²) in [4.78, 5) is 16.4. The quantitative estimate of drug-likeness (QED) is 0.352. The monoisotopic (exact) mass is 443 g/mol. The Kier molecular flexibility index (Phi) is 5.23. The zero-order valence-corrected chi connectivity index (χ0v) is 19.1. The molecule has 8 atom stereocenters. The van der Waals surface area contributed by atoms with Crippen molar-refractivity contribution in [3.05, 3.63) is 24.3 Å². The number of carbonyl (C=O) groups excluding carboxylic acids is 1. The minimum absolute atomic E-state index is 0.0653. The number of hydrogen-bond donors (Lipinski definition) is 3. The maximum atomic E-state index is 12.3. The van der Waals surface area contributed by atoms with Gasteiger partial charge in [-0.15, -0.1) is 6.58 Å². The highest BCUT2D eigenvalue weighted by molar-refractivity contribution is 5.85. The molecule has 5 aliphatic rings. The first-order valence-electron chi connectivity index (χ1n) is 12.3. The van der Waals surface area contributed by atoms with Crippen LogP contribution >= 0.6 is 0 Å². The molecule has 0 aromatic heterocycles. The minimum atomic E-state index is -0.993. The average Bonchev–Trinajstić information content (AvgIpc) is 3.28. The van der Waals surface area contributed by atoms with Gasteiger partial charge in [-0.1, -0.05) is 13.0 Å². The molecular formula is C26H37NO5. The second-order valence-corrected chi connectivity index (χ2v) is 11.3. The highest BCUT2D eigenvalue weighted by Crippen LogP contribution is 2.70. The second kappa shape index (κ2) is 7.51. The Morgan fingerprint density at radius 1 is 1.16 bits per heavy atom. The van der Waals surface area contributed by atoms with E-state index in [2.05, 4.69) is 18.5 Å². The van der Waals surface area contributed by atoms with Gasteiger partial charge < -0.3 is 20.1 Å². The van der Waals surface area contributed by atoms with Crippen LogP contribution in [-0.2, 0) is 9.53 Å². The Hall–Kier alpha value is -1.50. The van der Waals surface area contributed by atoms with E-state index in [1.54, 1.807) is 12.2 Å². The second-order valence-electron chi connectivity index (χ2n) is 11.3. The van der Waals surface area contributed by atoms with Gasteiger partial charge >= 0.3 is 5.97 Å². The molecule has 0 saturated heterocycles. The van der Waals surface area contributed by atoms with E-state index in [9.17, 15) is 20.1 Å². The molecule has 0 radical (unpaired) electrons. The van der Waals surface area contributed by atoms with E-state index in [1.165, 1.54) is 0 Å². The van der Waals surface area contributed by atoms with E-state index >= 15 is 0 Å². The minimum Gasteiger partial charge on any atom is -0.458 e. The van der Waals surface area contributed by atoms with Crippen molar-refractivity contribution in [3.8, 4) is 0 Å². The maximum Gasteiger partial charge on any atom is 0.331 e. The Labute approximate surface area is 190 Å². The van der Waals surface area contributed by atoms with Crippen molar-refractivity contribution in [3.63, 3.8) is 0 Å². The van der Waals surface area contributed by atoms with Crippen LogP contribution < -0.4 is 0 Å². The standard InChI is InChI=1S/C26H37NO5/c1-3-12-27-16-24-9-4-18(28)14-25(24,30)10-6-21-20(24)5-8-23(2)19(7-11-26(21,23)31)17-13-22(29)32-15-17/h3,13,16,18-21,28,30-31H,1,4-12,14-15H2,2H3/t18?,19?,20-,21?,23?,24?,25?,26?/m0/s1. The number of cyclic esters (lactones) is 1. The van der Waals surface area contributed by atoms with E-state index in [1.807, 2.05) is 6.21 Å². The van der Waals surface area contributed by atoms with Gasteiger partial charge in [-0.2, -0.15) is 0 Å². The number of aliphatic imine (C=N–C) groups is 1. The summed E-state index contributed by atoms with van der Waals surface area (Å²) in [5.74, 6) is 0.0676.